The van der Waals surface area contributed by atoms with E-state index in [9.17, 15) is 9.59 Å². The highest BCUT2D eigenvalue weighted by molar-refractivity contribution is 6.29. The quantitative estimate of drug-likeness (QED) is 0.770. The molecule has 1 saturated heterocycles. The summed E-state index contributed by atoms with van der Waals surface area (Å²) in [6.45, 7) is 3.95. The number of piperazine rings is 1. The van der Waals surface area contributed by atoms with Crippen LogP contribution >= 0.6 is 11.6 Å². The average Bonchev–Trinajstić information content (AvgIpc) is 2.54. The molecule has 0 saturated carbocycles. The molecule has 8 nitrogen and oxygen atoms in total. The Morgan fingerprint density at radius 1 is 1.27 bits per heavy atom. The fourth-order valence-corrected chi connectivity index (χ4v) is 2.33. The lowest BCUT2D eigenvalue weighted by Crippen LogP contribution is -2.49. The summed E-state index contributed by atoms with van der Waals surface area (Å²) in [7, 11) is 1.35. The van der Waals surface area contributed by atoms with Crippen molar-refractivity contribution in [3.63, 3.8) is 0 Å². The minimum Gasteiger partial charge on any atom is -0.462 e. The molecule has 1 aliphatic rings. The summed E-state index contributed by atoms with van der Waals surface area (Å²) in [4.78, 5) is 27.0. The number of rotatable bonds is 3. The molecule has 2 heterocycles. The highest BCUT2D eigenvalue weighted by Crippen LogP contribution is 2.22. The minimum absolute atomic E-state index is 0.125. The van der Waals surface area contributed by atoms with E-state index >= 15 is 0 Å². The van der Waals surface area contributed by atoms with Gasteiger partial charge in [-0.15, -0.1) is 10.2 Å². The van der Waals surface area contributed by atoms with Gasteiger partial charge in [0.2, 0.25) is 0 Å². The van der Waals surface area contributed by atoms with Crippen molar-refractivity contribution in [1.29, 1.82) is 0 Å². The molecule has 0 atom stereocenters. The number of amides is 1. The van der Waals surface area contributed by atoms with E-state index in [1.807, 2.05) is 4.90 Å². The number of methoxy groups -OCH3 is 1. The summed E-state index contributed by atoms with van der Waals surface area (Å²) in [6.07, 6.45) is -0.368. The number of esters is 1. The van der Waals surface area contributed by atoms with E-state index in [4.69, 9.17) is 16.3 Å². The monoisotopic (exact) mass is 328 g/mol. The fraction of sp³-hybridized carbons (Fsp3) is 0.538. The largest absolute Gasteiger partial charge is 0.462 e. The van der Waals surface area contributed by atoms with Gasteiger partial charge in [-0.05, 0) is 13.0 Å². The van der Waals surface area contributed by atoms with Crippen molar-refractivity contribution in [2.75, 3.05) is 44.8 Å². The topological polar surface area (TPSA) is 84.9 Å². The Morgan fingerprint density at radius 3 is 2.55 bits per heavy atom. The molecule has 1 amide bonds. The molecule has 1 aromatic heterocycles. The lowest BCUT2D eigenvalue weighted by Gasteiger charge is -2.34. The van der Waals surface area contributed by atoms with Crippen molar-refractivity contribution in [1.82, 2.24) is 15.1 Å². The van der Waals surface area contributed by atoms with E-state index in [0.29, 0.717) is 32.0 Å². The van der Waals surface area contributed by atoms with Gasteiger partial charge in [-0.1, -0.05) is 11.6 Å². The zero-order valence-electron chi connectivity index (χ0n) is 12.4. The first-order valence-corrected chi connectivity index (χ1v) is 7.22. The maximum atomic E-state index is 12.0. The number of anilines is 1. The molecule has 0 aromatic carbocycles. The summed E-state index contributed by atoms with van der Waals surface area (Å²) < 4.78 is 9.70. The molecule has 2 rings (SSSR count). The molecule has 0 N–H and O–H groups in total. The second kappa shape index (κ2) is 7.26. The number of ether oxygens (including phenoxy) is 2. The molecule has 0 unspecified atom stereocenters. The van der Waals surface area contributed by atoms with E-state index in [1.54, 1.807) is 11.8 Å². The van der Waals surface area contributed by atoms with Crippen LogP contribution in [0.2, 0.25) is 5.15 Å². The average molecular weight is 329 g/mol. The summed E-state index contributed by atoms with van der Waals surface area (Å²) in [5.41, 5.74) is 0.272. The van der Waals surface area contributed by atoms with Gasteiger partial charge in [-0.25, -0.2) is 9.59 Å². The van der Waals surface area contributed by atoms with E-state index in [0.717, 1.165) is 0 Å². The number of halogens is 1. The lowest BCUT2D eigenvalue weighted by atomic mass is 10.2. The van der Waals surface area contributed by atoms with Crippen LogP contribution in [0.4, 0.5) is 10.6 Å². The molecule has 0 bridgehead atoms. The van der Waals surface area contributed by atoms with Crippen LogP contribution in [0.1, 0.15) is 17.3 Å². The molecule has 1 aromatic rings. The van der Waals surface area contributed by atoms with Gasteiger partial charge in [0.25, 0.3) is 0 Å². The highest BCUT2D eigenvalue weighted by atomic mass is 35.5. The number of hydrogen-bond donors (Lipinski definition) is 0. The Bertz CT molecular complexity index is 561. The molecule has 1 aliphatic heterocycles. The first-order chi connectivity index (χ1) is 10.6. The smallest absolute Gasteiger partial charge is 0.409 e. The summed E-state index contributed by atoms with van der Waals surface area (Å²) >= 11 is 5.81. The first kappa shape index (κ1) is 16.3. The Balaban J connectivity index is 2.16. The molecule has 9 heteroatoms. The van der Waals surface area contributed by atoms with Gasteiger partial charge >= 0.3 is 12.1 Å². The zero-order chi connectivity index (χ0) is 16.1. The number of hydrogen-bond acceptors (Lipinski definition) is 7. The van der Waals surface area contributed by atoms with Crippen LogP contribution in [0.3, 0.4) is 0 Å². The predicted molar refractivity (Wildman–Crippen MR) is 79.2 cm³/mol. The summed E-state index contributed by atoms with van der Waals surface area (Å²) in [6, 6.07) is 1.44. The Hall–Kier alpha value is -2.09. The third-order valence-electron chi connectivity index (χ3n) is 3.25. The summed E-state index contributed by atoms with van der Waals surface area (Å²) in [5, 5.41) is 7.92. The predicted octanol–water partition coefficient (Wildman–Crippen LogP) is 1.20. The van der Waals surface area contributed by atoms with Crippen LogP contribution < -0.4 is 4.90 Å². The van der Waals surface area contributed by atoms with E-state index in [2.05, 4.69) is 14.9 Å². The Morgan fingerprint density at radius 2 is 1.95 bits per heavy atom. The van der Waals surface area contributed by atoms with Crippen LogP contribution in [-0.4, -0.2) is 67.1 Å². The fourth-order valence-electron chi connectivity index (χ4n) is 2.18. The maximum absolute atomic E-state index is 12.0. The van der Waals surface area contributed by atoms with Gasteiger partial charge in [-0.3, -0.25) is 0 Å². The SMILES string of the molecule is CCOC(=O)c1cc(Cl)nnc1N1CCN(C(=O)OC)CC1. The number of aromatic nitrogens is 2. The van der Waals surface area contributed by atoms with E-state index in [-0.39, 0.29) is 23.4 Å². The van der Waals surface area contributed by atoms with Crippen LogP contribution in [0.15, 0.2) is 6.07 Å². The van der Waals surface area contributed by atoms with E-state index < -0.39 is 5.97 Å². The van der Waals surface area contributed by atoms with E-state index in [1.165, 1.54) is 13.2 Å². The van der Waals surface area contributed by atoms with Crippen molar-refractivity contribution in [2.24, 2.45) is 0 Å². The number of nitrogens with zero attached hydrogens (tertiary/aromatic N) is 4. The van der Waals surface area contributed by atoms with Gasteiger partial charge < -0.3 is 19.3 Å². The van der Waals surface area contributed by atoms with Gasteiger partial charge in [0, 0.05) is 26.2 Å². The molecule has 120 valence electrons. The third-order valence-corrected chi connectivity index (χ3v) is 3.44. The van der Waals surface area contributed by atoms with Crippen LogP contribution in [0.5, 0.6) is 0 Å². The van der Waals surface area contributed by atoms with Crippen LogP contribution in [0, 0.1) is 0 Å². The molecule has 0 spiro atoms. The minimum atomic E-state index is -0.496. The maximum Gasteiger partial charge on any atom is 0.409 e. The molecule has 22 heavy (non-hydrogen) atoms. The highest BCUT2D eigenvalue weighted by Gasteiger charge is 2.26. The third kappa shape index (κ3) is 3.56. The molecule has 0 aliphatic carbocycles. The molecule has 1 fully saturated rings. The van der Waals surface area contributed by atoms with Crippen molar-refractivity contribution in [3.05, 3.63) is 16.8 Å². The van der Waals surface area contributed by atoms with Crippen molar-refractivity contribution >= 4 is 29.5 Å². The van der Waals surface area contributed by atoms with Gasteiger partial charge in [-0.2, -0.15) is 0 Å². The van der Waals surface area contributed by atoms with Crippen molar-refractivity contribution in [3.8, 4) is 0 Å². The molecular formula is C13H17ClN4O4. The van der Waals surface area contributed by atoms with Gasteiger partial charge in [0.1, 0.15) is 5.56 Å². The lowest BCUT2D eigenvalue weighted by molar-refractivity contribution is 0.0526. The normalized spacial score (nSPS) is 14.7. The molecule has 0 radical (unpaired) electrons. The van der Waals surface area contributed by atoms with Crippen molar-refractivity contribution in [2.45, 2.75) is 6.92 Å². The van der Waals surface area contributed by atoms with Crippen LogP contribution in [0.25, 0.3) is 0 Å². The summed E-state index contributed by atoms with van der Waals surface area (Å²) in [5.74, 6) is -0.0861. The second-order valence-corrected chi connectivity index (χ2v) is 4.96. The van der Waals surface area contributed by atoms with Crippen LogP contribution in [-0.2, 0) is 9.47 Å². The Labute approximate surface area is 132 Å². The first-order valence-electron chi connectivity index (χ1n) is 6.85. The molecular weight excluding hydrogens is 312 g/mol. The standard InChI is InChI=1S/C13H17ClN4O4/c1-3-22-12(19)9-8-10(14)15-16-11(9)17-4-6-18(7-5-17)13(20)21-2/h8H,3-7H2,1-2H3. The van der Waals surface area contributed by atoms with Gasteiger partial charge in [0.05, 0.1) is 13.7 Å². The zero-order valence-corrected chi connectivity index (χ0v) is 13.2. The van der Waals surface area contributed by atoms with Gasteiger partial charge in [0.15, 0.2) is 11.0 Å². The van der Waals surface area contributed by atoms with Crippen molar-refractivity contribution < 1.29 is 19.1 Å². The number of carbonyl (C=O) groups is 2. The number of carbonyl (C=O) groups excluding carboxylic acids is 2. The second-order valence-electron chi connectivity index (χ2n) is 4.57. The Kier molecular flexibility index (Phi) is 5.37.